The number of phenols is 2. The number of Topliss-reactive ketones (excluding diaryl/α,β-unsaturated/α-hetero) is 1. The largest absolute Gasteiger partial charge is 0.507 e. The topological polar surface area (TPSA) is 101 Å². The number of rotatable bonds is 5. The van der Waals surface area contributed by atoms with Gasteiger partial charge in [0.2, 0.25) is 0 Å². The molecule has 0 aliphatic heterocycles. The fraction of sp³-hybridized carbons (Fsp3) is 0.389. The summed E-state index contributed by atoms with van der Waals surface area (Å²) in [5.74, 6) is -2.22. The van der Waals surface area contributed by atoms with Gasteiger partial charge in [-0.3, -0.25) is 14.4 Å². The minimum absolute atomic E-state index is 0.0178. The van der Waals surface area contributed by atoms with Gasteiger partial charge < -0.3 is 14.9 Å². The molecule has 0 heterocycles. The minimum atomic E-state index is -0.865. The van der Waals surface area contributed by atoms with Gasteiger partial charge in [-0.05, 0) is 37.0 Å². The number of phenolic OH excluding ortho intramolecular Hbond substituents is 2. The van der Waals surface area contributed by atoms with Crippen molar-refractivity contribution in [3.63, 3.8) is 0 Å². The summed E-state index contributed by atoms with van der Waals surface area (Å²) >= 11 is 0. The highest BCUT2D eigenvalue weighted by atomic mass is 16.5. The Balaban J connectivity index is 2.46. The van der Waals surface area contributed by atoms with Gasteiger partial charge in [0.05, 0.1) is 11.1 Å². The van der Waals surface area contributed by atoms with E-state index in [2.05, 4.69) is 0 Å². The second kappa shape index (κ2) is 6.86. The number of hydrogen-bond acceptors (Lipinski definition) is 6. The van der Waals surface area contributed by atoms with E-state index >= 15 is 0 Å². The third-order valence-electron chi connectivity index (χ3n) is 3.84. The molecule has 0 aromatic heterocycles. The first kappa shape index (κ1) is 17.7. The molecule has 1 aromatic carbocycles. The Kier molecular flexibility index (Phi) is 5.07. The van der Waals surface area contributed by atoms with Crippen LogP contribution in [-0.4, -0.2) is 33.9 Å². The first-order valence-electron chi connectivity index (χ1n) is 7.75. The Hall–Kier alpha value is -2.63. The molecule has 0 saturated carbocycles. The van der Waals surface area contributed by atoms with Crippen LogP contribution >= 0.6 is 0 Å². The van der Waals surface area contributed by atoms with E-state index in [1.54, 1.807) is 0 Å². The highest BCUT2D eigenvalue weighted by molar-refractivity contribution is 6.27. The molecule has 0 spiro atoms. The van der Waals surface area contributed by atoms with Crippen LogP contribution in [0.15, 0.2) is 23.8 Å². The third kappa shape index (κ3) is 3.48. The van der Waals surface area contributed by atoms with E-state index in [1.807, 2.05) is 13.8 Å². The van der Waals surface area contributed by atoms with Crippen molar-refractivity contribution < 1.29 is 29.3 Å². The highest BCUT2D eigenvalue weighted by Crippen LogP contribution is 2.36. The summed E-state index contributed by atoms with van der Waals surface area (Å²) in [4.78, 5) is 36.4. The van der Waals surface area contributed by atoms with Gasteiger partial charge in [-0.1, -0.05) is 13.8 Å². The number of aromatic hydroxyl groups is 2. The number of fused-ring (bicyclic) bond motifs is 1. The number of hydrogen-bond donors (Lipinski definition) is 2. The van der Waals surface area contributed by atoms with Gasteiger partial charge in [0.15, 0.2) is 11.6 Å². The lowest BCUT2D eigenvalue weighted by atomic mass is 9.84. The lowest BCUT2D eigenvalue weighted by Crippen LogP contribution is -2.29. The first-order valence-corrected chi connectivity index (χ1v) is 7.75. The van der Waals surface area contributed by atoms with Crippen LogP contribution in [0.1, 0.15) is 54.3 Å². The second-order valence-electron chi connectivity index (χ2n) is 6.22. The average molecular weight is 332 g/mol. The number of carbonyl (C=O) groups excluding carboxylic acids is 3. The van der Waals surface area contributed by atoms with Crippen LogP contribution in [0.3, 0.4) is 0 Å². The van der Waals surface area contributed by atoms with Gasteiger partial charge >= 0.3 is 5.97 Å². The molecule has 24 heavy (non-hydrogen) atoms. The van der Waals surface area contributed by atoms with E-state index in [9.17, 15) is 24.6 Å². The number of ether oxygens (including phenoxy) is 1. The molecule has 1 aliphatic carbocycles. The summed E-state index contributed by atoms with van der Waals surface area (Å²) in [5.41, 5.74) is -0.461. The van der Waals surface area contributed by atoms with E-state index in [1.165, 1.54) is 6.92 Å². The van der Waals surface area contributed by atoms with E-state index in [-0.39, 0.29) is 22.4 Å². The molecule has 0 amide bonds. The summed E-state index contributed by atoms with van der Waals surface area (Å²) in [5, 5.41) is 19.8. The van der Waals surface area contributed by atoms with Crippen molar-refractivity contribution in [3.05, 3.63) is 34.9 Å². The van der Waals surface area contributed by atoms with Crippen molar-refractivity contribution in [1.82, 2.24) is 0 Å². The van der Waals surface area contributed by atoms with Gasteiger partial charge in [-0.2, -0.15) is 0 Å². The molecule has 1 aliphatic rings. The zero-order chi connectivity index (χ0) is 18.0. The Bertz CT molecular complexity index is 729. The molecular formula is C18H20O6. The molecule has 6 heteroatoms. The summed E-state index contributed by atoms with van der Waals surface area (Å²) in [6.07, 6.45) is 1.29. The second-order valence-corrected chi connectivity index (χ2v) is 6.22. The number of allylic oxidation sites excluding steroid dienone is 1. The third-order valence-corrected chi connectivity index (χ3v) is 3.84. The maximum atomic E-state index is 12.7. The average Bonchev–Trinajstić information content (AvgIpc) is 2.49. The van der Waals surface area contributed by atoms with Gasteiger partial charge in [0, 0.05) is 12.5 Å². The fourth-order valence-corrected chi connectivity index (χ4v) is 2.69. The minimum Gasteiger partial charge on any atom is -0.507 e. The Morgan fingerprint density at radius 2 is 1.67 bits per heavy atom. The van der Waals surface area contributed by atoms with Crippen LogP contribution in [0.4, 0.5) is 0 Å². The molecule has 1 aromatic rings. The number of ketones is 2. The SMILES string of the molecule is CC(=O)OC(CCC(C)C)C1=CC(=O)c2c(O)ccc(O)c2C1=O. The predicted molar refractivity (Wildman–Crippen MR) is 86.1 cm³/mol. The van der Waals surface area contributed by atoms with Gasteiger partial charge in [0.1, 0.15) is 17.6 Å². The predicted octanol–water partition coefficient (Wildman–Crippen LogP) is 2.77. The summed E-state index contributed by atoms with van der Waals surface area (Å²) < 4.78 is 5.22. The zero-order valence-electron chi connectivity index (χ0n) is 13.8. The highest BCUT2D eigenvalue weighted by Gasteiger charge is 2.35. The zero-order valence-corrected chi connectivity index (χ0v) is 13.8. The van der Waals surface area contributed by atoms with Crippen molar-refractivity contribution >= 4 is 17.5 Å². The summed E-state index contributed by atoms with van der Waals surface area (Å²) in [7, 11) is 0. The van der Waals surface area contributed by atoms with E-state index in [0.717, 1.165) is 18.2 Å². The molecule has 6 nitrogen and oxygen atoms in total. The molecule has 2 N–H and O–H groups in total. The monoisotopic (exact) mass is 332 g/mol. The molecule has 0 fully saturated rings. The number of esters is 1. The van der Waals surface area contributed by atoms with Gasteiger partial charge in [-0.15, -0.1) is 0 Å². The lowest BCUT2D eigenvalue weighted by Gasteiger charge is -2.24. The van der Waals surface area contributed by atoms with Crippen molar-refractivity contribution in [1.29, 1.82) is 0 Å². The van der Waals surface area contributed by atoms with Crippen LogP contribution < -0.4 is 0 Å². The number of benzene rings is 1. The van der Waals surface area contributed by atoms with Crippen molar-refractivity contribution in [2.24, 2.45) is 5.92 Å². The maximum absolute atomic E-state index is 12.7. The van der Waals surface area contributed by atoms with Crippen LogP contribution in [0.2, 0.25) is 0 Å². The Morgan fingerprint density at radius 3 is 2.21 bits per heavy atom. The molecule has 1 atom stereocenters. The fourth-order valence-electron chi connectivity index (χ4n) is 2.69. The van der Waals surface area contributed by atoms with Crippen molar-refractivity contribution in [3.8, 4) is 11.5 Å². The smallest absolute Gasteiger partial charge is 0.303 e. The molecule has 128 valence electrons. The normalized spacial score (nSPS) is 15.1. The van der Waals surface area contributed by atoms with Crippen LogP contribution in [0, 0.1) is 5.92 Å². The van der Waals surface area contributed by atoms with E-state index in [4.69, 9.17) is 4.74 Å². The molecule has 0 saturated heterocycles. The molecule has 1 unspecified atom stereocenters. The molecule has 0 radical (unpaired) electrons. The van der Waals surface area contributed by atoms with Crippen molar-refractivity contribution in [2.45, 2.75) is 39.7 Å². The molecular weight excluding hydrogens is 312 g/mol. The van der Waals surface area contributed by atoms with Gasteiger partial charge in [0.25, 0.3) is 0 Å². The summed E-state index contributed by atoms with van der Waals surface area (Å²) in [6.45, 7) is 5.22. The first-order chi connectivity index (χ1) is 11.2. The Morgan fingerprint density at radius 1 is 1.08 bits per heavy atom. The Labute approximate surface area is 139 Å². The van der Waals surface area contributed by atoms with Crippen LogP contribution in [-0.2, 0) is 9.53 Å². The van der Waals surface area contributed by atoms with E-state index in [0.29, 0.717) is 18.8 Å². The van der Waals surface area contributed by atoms with Gasteiger partial charge in [-0.25, -0.2) is 0 Å². The molecule has 2 rings (SSSR count). The van der Waals surface area contributed by atoms with Crippen LogP contribution in [0.25, 0.3) is 0 Å². The standard InChI is InChI=1S/C18H20O6/c1-9(2)4-7-15(24-10(3)19)11-8-14(22)16-12(20)5-6-13(21)17(16)18(11)23/h5-6,8-9,15,20-21H,4,7H2,1-3H3. The van der Waals surface area contributed by atoms with E-state index < -0.39 is 29.4 Å². The number of carbonyl (C=O) groups is 3. The quantitative estimate of drug-likeness (QED) is 0.635. The molecule has 0 bridgehead atoms. The lowest BCUT2D eigenvalue weighted by molar-refractivity contribution is -0.144. The van der Waals surface area contributed by atoms with Crippen LogP contribution in [0.5, 0.6) is 11.5 Å². The van der Waals surface area contributed by atoms with Crippen molar-refractivity contribution in [2.75, 3.05) is 0 Å². The maximum Gasteiger partial charge on any atom is 0.303 e. The summed E-state index contributed by atoms with van der Waals surface area (Å²) in [6, 6.07) is 2.30.